The van der Waals surface area contributed by atoms with Crippen molar-refractivity contribution in [3.05, 3.63) is 11.6 Å². The third kappa shape index (κ3) is 1.37. The lowest BCUT2D eigenvalue weighted by atomic mass is 9.98. The van der Waals surface area contributed by atoms with Crippen LogP contribution in [-0.4, -0.2) is 12.0 Å². The summed E-state index contributed by atoms with van der Waals surface area (Å²) in [7, 11) is 0. The van der Waals surface area contributed by atoms with Crippen molar-refractivity contribution in [2.24, 2.45) is 0 Å². The van der Waals surface area contributed by atoms with Crippen LogP contribution in [0.2, 0.25) is 0 Å². The molecule has 0 aromatic rings. The molecule has 1 rings (SSSR count). The van der Waals surface area contributed by atoms with Crippen molar-refractivity contribution in [3.8, 4) is 0 Å². The molecule has 1 nitrogen and oxygen atoms in total. The minimum atomic E-state index is -0.873. The van der Waals surface area contributed by atoms with Gasteiger partial charge in [0, 0.05) is 6.42 Å². The van der Waals surface area contributed by atoms with E-state index < -0.39 is 6.17 Å². The Morgan fingerprint density at radius 1 is 1.78 bits per heavy atom. The van der Waals surface area contributed by atoms with Gasteiger partial charge in [0.15, 0.2) is 5.78 Å². The van der Waals surface area contributed by atoms with Crippen molar-refractivity contribution in [1.82, 2.24) is 0 Å². The van der Waals surface area contributed by atoms with Crippen LogP contribution in [-0.2, 0) is 4.79 Å². The topological polar surface area (TPSA) is 17.1 Å². The van der Waals surface area contributed by atoms with Crippen LogP contribution in [0.1, 0.15) is 19.8 Å². The smallest absolute Gasteiger partial charge is 0.155 e. The quantitative estimate of drug-likeness (QED) is 0.484. The van der Waals surface area contributed by atoms with Gasteiger partial charge in [0.2, 0.25) is 0 Å². The van der Waals surface area contributed by atoms with Gasteiger partial charge in [0.05, 0.1) is 0 Å². The zero-order valence-corrected chi connectivity index (χ0v) is 5.36. The number of halogens is 1. The molecule has 0 aromatic carbocycles. The van der Waals surface area contributed by atoms with E-state index in [-0.39, 0.29) is 5.78 Å². The van der Waals surface area contributed by atoms with E-state index >= 15 is 0 Å². The summed E-state index contributed by atoms with van der Waals surface area (Å²) in [5, 5.41) is 0. The minimum absolute atomic E-state index is 0.0569. The maximum absolute atomic E-state index is 12.5. The molecule has 1 atom stereocenters. The molecule has 1 aliphatic rings. The molecule has 0 N–H and O–H groups in total. The van der Waals surface area contributed by atoms with Crippen LogP contribution in [0.3, 0.4) is 0 Å². The molecule has 0 aromatic heterocycles. The molecule has 0 bridgehead atoms. The summed E-state index contributed by atoms with van der Waals surface area (Å²) in [6.07, 6.45) is 1.27. The Morgan fingerprint density at radius 3 is 2.89 bits per heavy atom. The Morgan fingerprint density at radius 2 is 2.44 bits per heavy atom. The molecule has 0 aliphatic heterocycles. The van der Waals surface area contributed by atoms with Crippen molar-refractivity contribution >= 4 is 5.78 Å². The SMILES string of the molecule is CC1=CC(=O)CCC1F. The number of rotatable bonds is 0. The monoisotopic (exact) mass is 128 g/mol. The largest absolute Gasteiger partial charge is 0.295 e. The van der Waals surface area contributed by atoms with Crippen molar-refractivity contribution in [2.75, 3.05) is 0 Å². The van der Waals surface area contributed by atoms with Crippen molar-refractivity contribution in [2.45, 2.75) is 25.9 Å². The summed E-state index contributed by atoms with van der Waals surface area (Å²) < 4.78 is 12.5. The highest BCUT2D eigenvalue weighted by atomic mass is 19.1. The first-order valence-corrected chi connectivity index (χ1v) is 3.05. The summed E-state index contributed by atoms with van der Waals surface area (Å²) in [5.41, 5.74) is 0.575. The molecule has 50 valence electrons. The molecular formula is C7H9FO. The molecule has 9 heavy (non-hydrogen) atoms. The first-order chi connectivity index (χ1) is 4.20. The van der Waals surface area contributed by atoms with Gasteiger partial charge in [-0.2, -0.15) is 0 Å². The molecule has 0 radical (unpaired) electrons. The van der Waals surface area contributed by atoms with E-state index in [2.05, 4.69) is 0 Å². The van der Waals surface area contributed by atoms with Crippen molar-refractivity contribution in [3.63, 3.8) is 0 Å². The van der Waals surface area contributed by atoms with Gasteiger partial charge in [0.25, 0.3) is 0 Å². The Labute approximate surface area is 53.6 Å². The molecule has 0 saturated heterocycles. The fraction of sp³-hybridized carbons (Fsp3) is 0.571. The van der Waals surface area contributed by atoms with Gasteiger partial charge in [-0.1, -0.05) is 0 Å². The van der Waals surface area contributed by atoms with Gasteiger partial charge in [-0.15, -0.1) is 0 Å². The molecule has 0 heterocycles. The first kappa shape index (κ1) is 6.46. The second-order valence-electron chi connectivity index (χ2n) is 2.36. The fourth-order valence-electron chi connectivity index (χ4n) is 0.913. The average Bonchev–Trinajstić information content (AvgIpc) is 1.80. The van der Waals surface area contributed by atoms with Crippen LogP contribution in [0.4, 0.5) is 4.39 Å². The van der Waals surface area contributed by atoms with E-state index in [4.69, 9.17) is 0 Å². The normalized spacial score (nSPS) is 28.0. The van der Waals surface area contributed by atoms with E-state index in [9.17, 15) is 9.18 Å². The second-order valence-corrected chi connectivity index (χ2v) is 2.36. The summed E-state index contributed by atoms with van der Waals surface area (Å²) >= 11 is 0. The van der Waals surface area contributed by atoms with Crippen LogP contribution >= 0.6 is 0 Å². The number of alkyl halides is 1. The molecule has 1 unspecified atom stereocenters. The predicted octanol–water partition coefficient (Wildman–Crippen LogP) is 1.63. The molecular weight excluding hydrogens is 119 g/mol. The van der Waals surface area contributed by atoms with Crippen molar-refractivity contribution < 1.29 is 9.18 Å². The first-order valence-electron chi connectivity index (χ1n) is 3.05. The third-order valence-electron chi connectivity index (χ3n) is 1.53. The van der Waals surface area contributed by atoms with Crippen molar-refractivity contribution in [1.29, 1.82) is 0 Å². The van der Waals surface area contributed by atoms with E-state index in [0.717, 1.165) is 0 Å². The van der Waals surface area contributed by atoms with E-state index in [1.165, 1.54) is 6.08 Å². The minimum Gasteiger partial charge on any atom is -0.295 e. The van der Waals surface area contributed by atoms with E-state index in [1.807, 2.05) is 0 Å². The lowest BCUT2D eigenvalue weighted by Gasteiger charge is -2.11. The molecule has 0 fully saturated rings. The average molecular weight is 128 g/mol. The molecule has 0 spiro atoms. The molecule has 0 amide bonds. The Bertz CT molecular complexity index is 160. The van der Waals surface area contributed by atoms with Gasteiger partial charge >= 0.3 is 0 Å². The summed E-state index contributed by atoms with van der Waals surface area (Å²) in [4.78, 5) is 10.6. The van der Waals surface area contributed by atoms with Crippen LogP contribution in [0.5, 0.6) is 0 Å². The van der Waals surface area contributed by atoms with E-state index in [1.54, 1.807) is 6.92 Å². The third-order valence-corrected chi connectivity index (χ3v) is 1.53. The standard InChI is InChI=1S/C7H9FO/c1-5-4-6(9)2-3-7(5)8/h4,7H,2-3H2,1H3. The zero-order valence-electron chi connectivity index (χ0n) is 5.36. The number of ketones is 1. The summed E-state index contributed by atoms with van der Waals surface area (Å²) in [6.45, 7) is 1.65. The summed E-state index contributed by atoms with van der Waals surface area (Å²) in [6, 6.07) is 0. The lowest BCUT2D eigenvalue weighted by molar-refractivity contribution is -0.115. The molecule has 1 aliphatic carbocycles. The van der Waals surface area contributed by atoms with Gasteiger partial charge in [0.1, 0.15) is 6.17 Å². The number of carbonyl (C=O) groups is 1. The Kier molecular flexibility index (Phi) is 1.65. The van der Waals surface area contributed by atoms with Crippen LogP contribution in [0.25, 0.3) is 0 Å². The Balaban J connectivity index is 2.72. The number of hydrogen-bond donors (Lipinski definition) is 0. The maximum atomic E-state index is 12.5. The number of allylic oxidation sites excluding steroid dienone is 2. The predicted molar refractivity (Wildman–Crippen MR) is 32.9 cm³/mol. The number of carbonyl (C=O) groups excluding carboxylic acids is 1. The highest BCUT2D eigenvalue weighted by molar-refractivity contribution is 5.91. The molecule has 0 saturated carbocycles. The lowest BCUT2D eigenvalue weighted by Crippen LogP contribution is -2.12. The zero-order chi connectivity index (χ0) is 6.85. The second kappa shape index (κ2) is 2.29. The van der Waals surface area contributed by atoms with Crippen LogP contribution in [0, 0.1) is 0 Å². The fourth-order valence-corrected chi connectivity index (χ4v) is 0.913. The van der Waals surface area contributed by atoms with Gasteiger partial charge in [-0.3, -0.25) is 4.79 Å². The number of hydrogen-bond acceptors (Lipinski definition) is 1. The Hall–Kier alpha value is -0.660. The van der Waals surface area contributed by atoms with E-state index in [0.29, 0.717) is 18.4 Å². The van der Waals surface area contributed by atoms with Gasteiger partial charge in [-0.05, 0) is 25.0 Å². The maximum Gasteiger partial charge on any atom is 0.155 e. The molecule has 2 heteroatoms. The van der Waals surface area contributed by atoms with Crippen LogP contribution in [0.15, 0.2) is 11.6 Å². The highest BCUT2D eigenvalue weighted by Crippen LogP contribution is 2.17. The van der Waals surface area contributed by atoms with Gasteiger partial charge < -0.3 is 0 Å². The highest BCUT2D eigenvalue weighted by Gasteiger charge is 2.16. The summed E-state index contributed by atoms with van der Waals surface area (Å²) in [5.74, 6) is 0.0569. The van der Waals surface area contributed by atoms with Crippen LogP contribution < -0.4 is 0 Å². The van der Waals surface area contributed by atoms with Gasteiger partial charge in [-0.25, -0.2) is 4.39 Å².